The Morgan fingerprint density at radius 3 is 2.50 bits per heavy atom. The molecular weight excluding hydrogens is 328 g/mol. The second-order valence-electron chi connectivity index (χ2n) is 7.80. The summed E-state index contributed by atoms with van der Waals surface area (Å²) in [6, 6.07) is 9.83. The molecule has 1 aliphatic heterocycles. The van der Waals surface area contributed by atoms with E-state index in [9.17, 15) is 9.59 Å². The van der Waals surface area contributed by atoms with Crippen LogP contribution in [0.15, 0.2) is 30.3 Å². The third kappa shape index (κ3) is 5.84. The van der Waals surface area contributed by atoms with Crippen molar-refractivity contribution in [1.29, 1.82) is 0 Å². The first kappa shape index (κ1) is 20.4. The molecule has 1 aromatic rings. The van der Waals surface area contributed by atoms with Gasteiger partial charge in [0.2, 0.25) is 5.91 Å². The highest BCUT2D eigenvalue weighted by Crippen LogP contribution is 2.27. The van der Waals surface area contributed by atoms with Crippen molar-refractivity contribution < 1.29 is 14.3 Å². The number of hydrogen-bond acceptors (Lipinski definition) is 4. The van der Waals surface area contributed by atoms with Crippen LogP contribution >= 0.6 is 0 Å². The van der Waals surface area contributed by atoms with Crippen LogP contribution in [0, 0.1) is 0 Å². The summed E-state index contributed by atoms with van der Waals surface area (Å²) in [4.78, 5) is 29.0. The molecule has 26 heavy (non-hydrogen) atoms. The molecule has 5 heteroatoms. The number of carbonyl (C=O) groups is 2. The van der Waals surface area contributed by atoms with E-state index < -0.39 is 5.60 Å². The predicted molar refractivity (Wildman–Crippen MR) is 104 cm³/mol. The maximum atomic E-state index is 12.7. The first-order chi connectivity index (χ1) is 12.3. The number of amides is 1. The van der Waals surface area contributed by atoms with E-state index in [0.717, 1.165) is 31.5 Å². The maximum absolute atomic E-state index is 12.7. The molecule has 1 heterocycles. The minimum Gasteiger partial charge on any atom is -0.460 e. The molecule has 144 valence electrons. The molecule has 5 nitrogen and oxygen atoms in total. The second kappa shape index (κ2) is 9.17. The topological polar surface area (TPSA) is 49.9 Å². The highest BCUT2D eigenvalue weighted by Gasteiger charge is 2.32. The van der Waals surface area contributed by atoms with Crippen molar-refractivity contribution in [3.05, 3.63) is 30.3 Å². The smallest absolute Gasteiger partial charge is 0.307 e. The molecule has 0 radical (unpaired) electrons. The van der Waals surface area contributed by atoms with Crippen molar-refractivity contribution in [2.75, 3.05) is 18.0 Å². The SMILES string of the molecule is CCC(=O)N(c1ccccc1)C1CCCCN1CCC(=O)OC(C)(C)C. The van der Waals surface area contributed by atoms with E-state index in [1.54, 1.807) is 0 Å². The Hall–Kier alpha value is -1.88. The van der Waals surface area contributed by atoms with Crippen LogP contribution in [0.25, 0.3) is 0 Å². The van der Waals surface area contributed by atoms with Crippen molar-refractivity contribution in [2.45, 2.75) is 71.6 Å². The molecule has 0 spiro atoms. The molecule has 0 N–H and O–H groups in total. The fourth-order valence-corrected chi connectivity index (χ4v) is 3.40. The molecular formula is C21H32N2O3. The van der Waals surface area contributed by atoms with Crippen LogP contribution in [0.1, 0.15) is 59.8 Å². The monoisotopic (exact) mass is 360 g/mol. The lowest BCUT2D eigenvalue weighted by atomic mass is 10.0. The summed E-state index contributed by atoms with van der Waals surface area (Å²) in [5.41, 5.74) is 0.459. The molecule has 0 aliphatic carbocycles. The number of anilines is 1. The van der Waals surface area contributed by atoms with Gasteiger partial charge < -0.3 is 4.74 Å². The van der Waals surface area contributed by atoms with Gasteiger partial charge in [-0.1, -0.05) is 25.1 Å². The molecule has 1 atom stereocenters. The van der Waals surface area contributed by atoms with Crippen molar-refractivity contribution >= 4 is 17.6 Å². The fraction of sp³-hybridized carbons (Fsp3) is 0.619. The van der Waals surface area contributed by atoms with Gasteiger partial charge in [0.05, 0.1) is 12.6 Å². The summed E-state index contributed by atoms with van der Waals surface area (Å²) < 4.78 is 5.43. The zero-order valence-electron chi connectivity index (χ0n) is 16.5. The average Bonchev–Trinajstić information content (AvgIpc) is 2.60. The summed E-state index contributed by atoms with van der Waals surface area (Å²) >= 11 is 0. The molecule has 0 saturated carbocycles. The van der Waals surface area contributed by atoms with Crippen LogP contribution in [-0.2, 0) is 14.3 Å². The number of rotatable bonds is 6. The molecule has 0 bridgehead atoms. The van der Waals surface area contributed by atoms with Gasteiger partial charge in [0.15, 0.2) is 0 Å². The number of para-hydroxylation sites is 1. The number of benzene rings is 1. The molecule has 1 aromatic carbocycles. The van der Waals surface area contributed by atoms with Crippen LogP contribution in [0.4, 0.5) is 5.69 Å². The summed E-state index contributed by atoms with van der Waals surface area (Å²) in [5, 5.41) is 0. The van der Waals surface area contributed by atoms with E-state index in [-0.39, 0.29) is 18.0 Å². The van der Waals surface area contributed by atoms with E-state index in [1.807, 2.05) is 62.9 Å². The first-order valence-corrected chi connectivity index (χ1v) is 9.65. The summed E-state index contributed by atoms with van der Waals surface area (Å²) in [6.07, 6.45) is 3.92. The second-order valence-corrected chi connectivity index (χ2v) is 7.80. The molecule has 0 aromatic heterocycles. The lowest BCUT2D eigenvalue weighted by Gasteiger charge is -2.42. The van der Waals surface area contributed by atoms with Gasteiger partial charge in [-0.05, 0) is 52.2 Å². The number of ether oxygens (including phenoxy) is 1. The first-order valence-electron chi connectivity index (χ1n) is 9.65. The number of esters is 1. The number of hydrogen-bond donors (Lipinski definition) is 0. The number of likely N-dealkylation sites (tertiary alicyclic amines) is 1. The minimum absolute atomic E-state index is 0.000960. The van der Waals surface area contributed by atoms with Gasteiger partial charge in [-0.15, -0.1) is 0 Å². The summed E-state index contributed by atoms with van der Waals surface area (Å²) in [6.45, 7) is 9.04. The number of piperidine rings is 1. The standard InChI is InChI=1S/C21H32N2O3/c1-5-19(24)23(17-11-7-6-8-12-17)18-13-9-10-15-22(18)16-14-20(25)26-21(2,3)4/h6-8,11-12,18H,5,9-10,13-16H2,1-4H3. The Bertz CT molecular complexity index is 595. The van der Waals surface area contributed by atoms with Gasteiger partial charge in [0, 0.05) is 25.2 Å². The van der Waals surface area contributed by atoms with E-state index in [4.69, 9.17) is 4.74 Å². The third-order valence-corrected chi connectivity index (χ3v) is 4.51. The third-order valence-electron chi connectivity index (χ3n) is 4.51. The van der Waals surface area contributed by atoms with Crippen LogP contribution in [0.3, 0.4) is 0 Å². The van der Waals surface area contributed by atoms with Gasteiger partial charge in [-0.25, -0.2) is 0 Å². The Labute approximate surface area is 157 Å². The highest BCUT2D eigenvalue weighted by molar-refractivity contribution is 5.93. The van der Waals surface area contributed by atoms with Crippen molar-refractivity contribution in [2.24, 2.45) is 0 Å². The van der Waals surface area contributed by atoms with Crippen LogP contribution < -0.4 is 4.90 Å². The van der Waals surface area contributed by atoms with E-state index in [0.29, 0.717) is 19.4 Å². The van der Waals surface area contributed by atoms with Crippen LogP contribution in [-0.4, -0.2) is 41.6 Å². The van der Waals surface area contributed by atoms with Crippen LogP contribution in [0.2, 0.25) is 0 Å². The predicted octanol–water partition coefficient (Wildman–Crippen LogP) is 3.97. The number of carbonyl (C=O) groups excluding carboxylic acids is 2. The molecule has 1 fully saturated rings. The summed E-state index contributed by atoms with van der Waals surface area (Å²) in [5.74, 6) is -0.0692. The quantitative estimate of drug-likeness (QED) is 0.720. The van der Waals surface area contributed by atoms with Crippen molar-refractivity contribution in [1.82, 2.24) is 4.90 Å². The van der Waals surface area contributed by atoms with E-state index >= 15 is 0 Å². The van der Waals surface area contributed by atoms with Gasteiger partial charge in [-0.3, -0.25) is 19.4 Å². The van der Waals surface area contributed by atoms with Crippen LogP contribution in [0.5, 0.6) is 0 Å². The Morgan fingerprint density at radius 1 is 1.19 bits per heavy atom. The molecule has 1 aliphatic rings. The van der Waals surface area contributed by atoms with Gasteiger partial charge in [-0.2, -0.15) is 0 Å². The lowest BCUT2D eigenvalue weighted by molar-refractivity contribution is -0.155. The van der Waals surface area contributed by atoms with E-state index in [2.05, 4.69) is 4.90 Å². The zero-order valence-corrected chi connectivity index (χ0v) is 16.5. The van der Waals surface area contributed by atoms with Gasteiger partial charge >= 0.3 is 5.97 Å². The molecule has 1 amide bonds. The Kier molecular flexibility index (Phi) is 7.21. The maximum Gasteiger partial charge on any atom is 0.307 e. The number of nitrogens with zero attached hydrogens (tertiary/aromatic N) is 2. The zero-order chi connectivity index (χ0) is 19.2. The largest absolute Gasteiger partial charge is 0.460 e. The Balaban J connectivity index is 2.12. The summed E-state index contributed by atoms with van der Waals surface area (Å²) in [7, 11) is 0. The fourth-order valence-electron chi connectivity index (χ4n) is 3.40. The highest BCUT2D eigenvalue weighted by atomic mass is 16.6. The minimum atomic E-state index is -0.466. The average molecular weight is 360 g/mol. The normalized spacial score (nSPS) is 18.4. The Morgan fingerprint density at radius 2 is 1.88 bits per heavy atom. The molecule has 1 saturated heterocycles. The van der Waals surface area contributed by atoms with Gasteiger partial charge in [0.1, 0.15) is 5.60 Å². The molecule has 1 unspecified atom stereocenters. The van der Waals surface area contributed by atoms with Crippen molar-refractivity contribution in [3.63, 3.8) is 0 Å². The lowest BCUT2D eigenvalue weighted by Crippen LogP contribution is -2.54. The van der Waals surface area contributed by atoms with Gasteiger partial charge in [0.25, 0.3) is 0 Å². The van der Waals surface area contributed by atoms with Crippen molar-refractivity contribution in [3.8, 4) is 0 Å². The van der Waals surface area contributed by atoms with E-state index in [1.165, 1.54) is 0 Å². The molecule has 2 rings (SSSR count).